The highest BCUT2D eigenvalue weighted by atomic mass is 16.6. The molecule has 0 amide bonds. The Labute approximate surface area is 136 Å². The summed E-state index contributed by atoms with van der Waals surface area (Å²) in [5.74, 6) is -1.80. The van der Waals surface area contributed by atoms with Gasteiger partial charge in [0.2, 0.25) is 5.69 Å². The van der Waals surface area contributed by atoms with Crippen molar-refractivity contribution < 1.29 is 24.0 Å². The summed E-state index contributed by atoms with van der Waals surface area (Å²) < 4.78 is 9.77. The maximum atomic E-state index is 12.0. The minimum absolute atomic E-state index is 0.0548. The van der Waals surface area contributed by atoms with Crippen LogP contribution in [-0.2, 0) is 9.47 Å². The molecular formula is C15H15N3O6. The van der Waals surface area contributed by atoms with E-state index in [9.17, 15) is 19.7 Å². The van der Waals surface area contributed by atoms with Crippen molar-refractivity contribution >= 4 is 17.8 Å². The van der Waals surface area contributed by atoms with Gasteiger partial charge >= 0.3 is 17.8 Å². The van der Waals surface area contributed by atoms with Gasteiger partial charge in [0.25, 0.3) is 0 Å². The van der Waals surface area contributed by atoms with Crippen molar-refractivity contribution in [3.63, 3.8) is 0 Å². The van der Waals surface area contributed by atoms with Crippen molar-refractivity contribution in [2.75, 3.05) is 13.2 Å². The van der Waals surface area contributed by atoms with Crippen LogP contribution in [0, 0.1) is 10.1 Å². The summed E-state index contributed by atoms with van der Waals surface area (Å²) in [5.41, 5.74) is 0.273. The van der Waals surface area contributed by atoms with Gasteiger partial charge in [0.05, 0.1) is 24.3 Å². The maximum Gasteiger partial charge on any atom is 0.378 e. The molecule has 0 fully saturated rings. The lowest BCUT2D eigenvalue weighted by atomic mass is 10.0. The normalized spacial score (nSPS) is 10.2. The van der Waals surface area contributed by atoms with Crippen LogP contribution < -0.4 is 0 Å². The van der Waals surface area contributed by atoms with Crippen molar-refractivity contribution in [1.29, 1.82) is 0 Å². The number of H-pyrrole nitrogens is 1. The van der Waals surface area contributed by atoms with Gasteiger partial charge in [-0.05, 0) is 24.8 Å². The van der Waals surface area contributed by atoms with Gasteiger partial charge < -0.3 is 19.6 Å². The first-order chi connectivity index (χ1) is 11.5. The van der Waals surface area contributed by atoms with Gasteiger partial charge in [0, 0.05) is 24.0 Å². The standard InChI is InChI=1S/C15H15N3O6/c1-3-23-14(19)9-5-6-16-8-11(9)10-7-12(15(20)24-4-2)17-13(10)18(21)22/h5-8,17H,3-4H2,1-2H3. The summed E-state index contributed by atoms with van der Waals surface area (Å²) in [4.78, 5) is 40.7. The second-order valence-electron chi connectivity index (χ2n) is 4.56. The van der Waals surface area contributed by atoms with E-state index >= 15 is 0 Å². The van der Waals surface area contributed by atoms with Crippen molar-refractivity contribution in [3.05, 3.63) is 45.9 Å². The van der Waals surface area contributed by atoms with Crippen LogP contribution in [0.1, 0.15) is 34.7 Å². The number of ether oxygens (including phenoxy) is 2. The molecular weight excluding hydrogens is 318 g/mol. The fourth-order valence-electron chi connectivity index (χ4n) is 2.11. The van der Waals surface area contributed by atoms with Crippen LogP contribution in [0.4, 0.5) is 5.82 Å². The predicted octanol–water partition coefficient (Wildman–Crippen LogP) is 2.34. The average Bonchev–Trinajstić information content (AvgIpc) is 3.01. The molecule has 0 radical (unpaired) electrons. The van der Waals surface area contributed by atoms with Crippen LogP contribution in [-0.4, -0.2) is 40.0 Å². The second-order valence-corrected chi connectivity index (χ2v) is 4.56. The number of carbonyl (C=O) groups excluding carboxylic acids is 2. The number of hydrogen-bond acceptors (Lipinski definition) is 7. The van der Waals surface area contributed by atoms with Gasteiger partial charge in [0.1, 0.15) is 0 Å². The molecule has 0 saturated heterocycles. The molecule has 2 aromatic rings. The zero-order chi connectivity index (χ0) is 17.7. The summed E-state index contributed by atoms with van der Waals surface area (Å²) in [6.07, 6.45) is 2.68. The third-order valence-electron chi connectivity index (χ3n) is 3.08. The number of nitrogens with zero attached hydrogens (tertiary/aromatic N) is 2. The SMILES string of the molecule is CCOC(=O)c1cc(-c2cnccc2C(=O)OCC)c([N+](=O)[O-])[nH]1. The molecule has 0 atom stereocenters. The molecule has 0 saturated carbocycles. The minimum atomic E-state index is -0.728. The van der Waals surface area contributed by atoms with E-state index in [0.717, 1.165) is 0 Å². The molecule has 2 heterocycles. The number of hydrogen-bond donors (Lipinski definition) is 1. The number of nitro groups is 1. The molecule has 9 nitrogen and oxygen atoms in total. The molecule has 0 aliphatic heterocycles. The van der Waals surface area contributed by atoms with Gasteiger partial charge in [-0.2, -0.15) is 0 Å². The Morgan fingerprint density at radius 2 is 1.88 bits per heavy atom. The Kier molecular flexibility index (Phi) is 5.25. The third-order valence-corrected chi connectivity index (χ3v) is 3.08. The van der Waals surface area contributed by atoms with Crippen LogP contribution in [0.15, 0.2) is 24.5 Å². The number of esters is 2. The van der Waals surface area contributed by atoms with Gasteiger partial charge in [-0.15, -0.1) is 0 Å². The number of rotatable bonds is 6. The van der Waals surface area contributed by atoms with Gasteiger partial charge in [-0.25, -0.2) is 14.6 Å². The summed E-state index contributed by atoms with van der Waals surface area (Å²) >= 11 is 0. The zero-order valence-corrected chi connectivity index (χ0v) is 13.1. The number of aromatic amines is 1. The fourth-order valence-corrected chi connectivity index (χ4v) is 2.11. The van der Waals surface area contributed by atoms with Crippen LogP contribution in [0.2, 0.25) is 0 Å². The monoisotopic (exact) mass is 333 g/mol. The van der Waals surface area contributed by atoms with Gasteiger partial charge in [-0.3, -0.25) is 4.98 Å². The number of aromatic nitrogens is 2. The van der Waals surface area contributed by atoms with Crippen LogP contribution in [0.25, 0.3) is 11.1 Å². The summed E-state index contributed by atoms with van der Waals surface area (Å²) in [6, 6.07) is 2.66. The highest BCUT2D eigenvalue weighted by Gasteiger charge is 2.27. The molecule has 0 aliphatic rings. The third kappa shape index (κ3) is 3.40. The number of pyridine rings is 1. The Balaban J connectivity index is 2.58. The van der Waals surface area contributed by atoms with Gasteiger partial charge in [-0.1, -0.05) is 0 Å². The Morgan fingerprint density at radius 1 is 1.21 bits per heavy atom. The van der Waals surface area contributed by atoms with E-state index in [2.05, 4.69) is 9.97 Å². The van der Waals surface area contributed by atoms with E-state index in [0.29, 0.717) is 0 Å². The summed E-state index contributed by atoms with van der Waals surface area (Å²) in [7, 11) is 0. The molecule has 0 spiro atoms. The minimum Gasteiger partial charge on any atom is -0.462 e. The molecule has 9 heteroatoms. The molecule has 1 N–H and O–H groups in total. The topological polar surface area (TPSA) is 124 Å². The molecule has 0 aliphatic carbocycles. The summed E-state index contributed by atoms with van der Waals surface area (Å²) in [6.45, 7) is 3.55. The quantitative estimate of drug-likeness (QED) is 0.488. The molecule has 0 aromatic carbocycles. The van der Waals surface area contributed by atoms with Gasteiger partial charge in [0.15, 0.2) is 0 Å². The molecule has 24 heavy (non-hydrogen) atoms. The van der Waals surface area contributed by atoms with Crippen molar-refractivity contribution in [2.45, 2.75) is 13.8 Å². The number of nitrogens with one attached hydrogen (secondary N) is 1. The van der Waals surface area contributed by atoms with Crippen molar-refractivity contribution in [3.8, 4) is 11.1 Å². The van der Waals surface area contributed by atoms with Crippen molar-refractivity contribution in [1.82, 2.24) is 9.97 Å². The first kappa shape index (κ1) is 17.1. The molecule has 126 valence electrons. The van der Waals surface area contributed by atoms with Crippen LogP contribution in [0.3, 0.4) is 0 Å². The molecule has 0 unspecified atom stereocenters. The molecule has 0 bridgehead atoms. The first-order valence-corrected chi connectivity index (χ1v) is 7.15. The van der Waals surface area contributed by atoms with E-state index in [1.807, 2.05) is 0 Å². The lowest BCUT2D eigenvalue weighted by Crippen LogP contribution is -2.07. The maximum absolute atomic E-state index is 12.0. The Morgan fingerprint density at radius 3 is 2.50 bits per heavy atom. The van der Waals surface area contributed by atoms with E-state index in [1.54, 1.807) is 13.8 Å². The van der Waals surface area contributed by atoms with E-state index in [4.69, 9.17) is 9.47 Å². The second kappa shape index (κ2) is 7.36. The Bertz CT molecular complexity index is 783. The molecule has 2 aromatic heterocycles. The van der Waals surface area contributed by atoms with E-state index in [1.165, 1.54) is 24.5 Å². The lowest BCUT2D eigenvalue weighted by Gasteiger charge is -2.06. The smallest absolute Gasteiger partial charge is 0.378 e. The fraction of sp³-hybridized carbons (Fsp3) is 0.267. The number of carbonyl (C=O) groups is 2. The average molecular weight is 333 g/mol. The Hall–Kier alpha value is -3.23. The highest BCUT2D eigenvalue weighted by molar-refractivity contribution is 5.99. The van der Waals surface area contributed by atoms with Crippen LogP contribution in [0.5, 0.6) is 0 Å². The largest absolute Gasteiger partial charge is 0.462 e. The first-order valence-electron chi connectivity index (χ1n) is 7.15. The highest BCUT2D eigenvalue weighted by Crippen LogP contribution is 2.33. The van der Waals surface area contributed by atoms with Crippen molar-refractivity contribution in [2.24, 2.45) is 0 Å². The lowest BCUT2D eigenvalue weighted by molar-refractivity contribution is -0.388. The van der Waals surface area contributed by atoms with E-state index in [-0.39, 0.29) is 35.6 Å². The molecule has 2 rings (SSSR count). The zero-order valence-electron chi connectivity index (χ0n) is 13.1. The van der Waals surface area contributed by atoms with Crippen LogP contribution >= 0.6 is 0 Å². The van der Waals surface area contributed by atoms with E-state index < -0.39 is 22.7 Å². The summed E-state index contributed by atoms with van der Waals surface area (Å²) in [5, 5.41) is 11.3. The predicted molar refractivity (Wildman–Crippen MR) is 82.6 cm³/mol.